The molecule has 0 spiro atoms. The van der Waals surface area contributed by atoms with Gasteiger partial charge in [-0.3, -0.25) is 0 Å². The third kappa shape index (κ3) is 5.95. The topological polar surface area (TPSA) is 3.24 Å². The van der Waals surface area contributed by atoms with Crippen molar-refractivity contribution in [2.24, 2.45) is 0 Å². The number of hydrogen-bond acceptors (Lipinski definition) is 1. The molecule has 0 unspecified atom stereocenters. The van der Waals surface area contributed by atoms with E-state index >= 15 is 0 Å². The molecule has 0 aromatic heterocycles. The first-order valence-corrected chi connectivity index (χ1v) is 9.67. The molecule has 0 aliphatic carbocycles. The Labute approximate surface area is 181 Å². The monoisotopic (exact) mass is 461 g/mol. The van der Waals surface area contributed by atoms with Crippen molar-refractivity contribution >= 4 is 45.5 Å². The van der Waals surface area contributed by atoms with Crippen molar-refractivity contribution in [2.75, 3.05) is 20.6 Å². The van der Waals surface area contributed by atoms with Gasteiger partial charge < -0.3 is 4.90 Å². The molecule has 0 saturated carbocycles. The highest BCUT2D eigenvalue weighted by atomic mass is 79.9. The highest BCUT2D eigenvalue weighted by molar-refractivity contribution is 9.10. The third-order valence-corrected chi connectivity index (χ3v) is 4.97. The molecule has 0 aliphatic heterocycles. The third-order valence-electron chi connectivity index (χ3n) is 4.19. The SMILES string of the molecule is CN(C)C/C=C(/c1ccc(Cl)cc1)c1ccc(-c2ccc(Br)cc2)cc1.Cl. The van der Waals surface area contributed by atoms with Crippen molar-refractivity contribution in [3.8, 4) is 11.1 Å². The molecule has 3 rings (SSSR count). The van der Waals surface area contributed by atoms with Gasteiger partial charge >= 0.3 is 0 Å². The largest absolute Gasteiger partial charge is 0.306 e. The number of nitrogens with zero attached hydrogens (tertiary/aromatic N) is 1. The molecule has 140 valence electrons. The average molecular weight is 463 g/mol. The van der Waals surface area contributed by atoms with Crippen LogP contribution in [0.4, 0.5) is 0 Å². The summed E-state index contributed by atoms with van der Waals surface area (Å²) in [7, 11) is 4.15. The molecule has 0 amide bonds. The molecule has 0 atom stereocenters. The van der Waals surface area contributed by atoms with Crippen LogP contribution in [0.2, 0.25) is 5.02 Å². The van der Waals surface area contributed by atoms with Crippen LogP contribution in [-0.4, -0.2) is 25.5 Å². The number of likely N-dealkylation sites (N-methyl/N-ethyl adjacent to an activating group) is 1. The van der Waals surface area contributed by atoms with E-state index in [2.05, 4.69) is 102 Å². The van der Waals surface area contributed by atoms with Crippen molar-refractivity contribution < 1.29 is 0 Å². The summed E-state index contributed by atoms with van der Waals surface area (Å²) in [4.78, 5) is 2.16. The van der Waals surface area contributed by atoms with E-state index in [9.17, 15) is 0 Å². The fraction of sp³-hybridized carbons (Fsp3) is 0.130. The van der Waals surface area contributed by atoms with Gasteiger partial charge in [-0.1, -0.05) is 82.1 Å². The lowest BCUT2D eigenvalue weighted by atomic mass is 9.95. The quantitative estimate of drug-likeness (QED) is 0.387. The summed E-state index contributed by atoms with van der Waals surface area (Å²) in [5.74, 6) is 0. The van der Waals surface area contributed by atoms with Crippen LogP contribution in [0.3, 0.4) is 0 Å². The molecule has 3 aromatic carbocycles. The lowest BCUT2D eigenvalue weighted by molar-refractivity contribution is 0.457. The first-order valence-electron chi connectivity index (χ1n) is 8.50. The molecule has 1 nitrogen and oxygen atoms in total. The van der Waals surface area contributed by atoms with Crippen LogP contribution in [0.15, 0.2) is 83.3 Å². The van der Waals surface area contributed by atoms with Gasteiger partial charge in [0, 0.05) is 16.0 Å². The van der Waals surface area contributed by atoms with E-state index < -0.39 is 0 Å². The van der Waals surface area contributed by atoms with Crippen molar-refractivity contribution in [3.63, 3.8) is 0 Å². The van der Waals surface area contributed by atoms with Gasteiger partial charge in [-0.2, -0.15) is 0 Å². The van der Waals surface area contributed by atoms with Crippen LogP contribution < -0.4 is 0 Å². The molecular formula is C23H22BrCl2N. The zero-order valence-corrected chi connectivity index (χ0v) is 18.5. The number of hydrogen-bond donors (Lipinski definition) is 0. The first kappa shape index (κ1) is 21.7. The molecule has 0 bridgehead atoms. The van der Waals surface area contributed by atoms with Gasteiger partial charge in [0.25, 0.3) is 0 Å². The fourth-order valence-electron chi connectivity index (χ4n) is 2.79. The minimum absolute atomic E-state index is 0. The average Bonchev–Trinajstić information content (AvgIpc) is 2.64. The zero-order valence-electron chi connectivity index (χ0n) is 15.3. The summed E-state index contributed by atoms with van der Waals surface area (Å²) >= 11 is 9.55. The lowest BCUT2D eigenvalue weighted by Crippen LogP contribution is -2.11. The number of rotatable bonds is 5. The van der Waals surface area contributed by atoms with Gasteiger partial charge in [-0.15, -0.1) is 12.4 Å². The number of halogens is 3. The predicted molar refractivity (Wildman–Crippen MR) is 124 cm³/mol. The molecule has 0 aliphatic rings. The summed E-state index contributed by atoms with van der Waals surface area (Å²) in [5, 5.41) is 0.756. The molecule has 0 heterocycles. The molecule has 0 N–H and O–H groups in total. The second-order valence-corrected chi connectivity index (χ2v) is 7.82. The highest BCUT2D eigenvalue weighted by Crippen LogP contribution is 2.28. The maximum atomic E-state index is 6.06. The molecule has 0 saturated heterocycles. The van der Waals surface area contributed by atoms with Crippen molar-refractivity contribution in [3.05, 3.63) is 99.5 Å². The summed E-state index contributed by atoms with van der Waals surface area (Å²) < 4.78 is 1.09. The summed E-state index contributed by atoms with van der Waals surface area (Å²) in [6.45, 7) is 0.881. The van der Waals surface area contributed by atoms with E-state index in [1.807, 2.05) is 12.1 Å². The van der Waals surface area contributed by atoms with Crippen LogP contribution in [0.1, 0.15) is 11.1 Å². The normalized spacial score (nSPS) is 11.4. The van der Waals surface area contributed by atoms with Crippen LogP contribution in [0.25, 0.3) is 16.7 Å². The Hall–Kier alpha value is -1.58. The second kappa shape index (κ2) is 10.1. The van der Waals surface area contributed by atoms with Crippen LogP contribution in [-0.2, 0) is 0 Å². The van der Waals surface area contributed by atoms with E-state index in [4.69, 9.17) is 11.6 Å². The van der Waals surface area contributed by atoms with Crippen molar-refractivity contribution in [1.82, 2.24) is 4.90 Å². The Morgan fingerprint density at radius 3 is 1.74 bits per heavy atom. The van der Waals surface area contributed by atoms with Gasteiger partial charge in [0.1, 0.15) is 0 Å². The Morgan fingerprint density at radius 2 is 1.26 bits per heavy atom. The lowest BCUT2D eigenvalue weighted by Gasteiger charge is -2.13. The maximum absolute atomic E-state index is 6.06. The molecule has 0 fully saturated rings. The van der Waals surface area contributed by atoms with Crippen molar-refractivity contribution in [2.45, 2.75) is 0 Å². The van der Waals surface area contributed by atoms with E-state index in [0.29, 0.717) is 0 Å². The van der Waals surface area contributed by atoms with Gasteiger partial charge in [0.2, 0.25) is 0 Å². The van der Waals surface area contributed by atoms with E-state index in [1.165, 1.54) is 27.8 Å². The van der Waals surface area contributed by atoms with Crippen LogP contribution in [0, 0.1) is 0 Å². The Balaban J connectivity index is 0.00000261. The van der Waals surface area contributed by atoms with Gasteiger partial charge in [0.05, 0.1) is 0 Å². The summed E-state index contributed by atoms with van der Waals surface area (Å²) in [6, 6.07) is 25.2. The Bertz CT molecular complexity index is 883. The summed E-state index contributed by atoms with van der Waals surface area (Å²) in [5.41, 5.74) is 6.02. The van der Waals surface area contributed by atoms with Gasteiger partial charge in [0.15, 0.2) is 0 Å². The highest BCUT2D eigenvalue weighted by Gasteiger charge is 2.07. The zero-order chi connectivity index (χ0) is 18.5. The van der Waals surface area contributed by atoms with E-state index in [1.54, 1.807) is 0 Å². The molecular weight excluding hydrogens is 441 g/mol. The van der Waals surface area contributed by atoms with Gasteiger partial charge in [-0.25, -0.2) is 0 Å². The molecule has 4 heteroatoms. The van der Waals surface area contributed by atoms with Crippen molar-refractivity contribution in [1.29, 1.82) is 0 Å². The second-order valence-electron chi connectivity index (χ2n) is 6.47. The van der Waals surface area contributed by atoms with Crippen LogP contribution >= 0.6 is 39.9 Å². The fourth-order valence-corrected chi connectivity index (χ4v) is 3.18. The molecule has 27 heavy (non-hydrogen) atoms. The molecule has 0 radical (unpaired) electrons. The standard InChI is InChI=1S/C23H21BrClN.ClH/c1-26(2)16-15-23(20-9-13-22(25)14-10-20)19-5-3-17(4-6-19)18-7-11-21(24)12-8-18;/h3-15H,16H2,1-2H3;1H/b23-15+;. The first-order chi connectivity index (χ1) is 12.5. The number of benzene rings is 3. The minimum Gasteiger partial charge on any atom is -0.306 e. The van der Waals surface area contributed by atoms with Crippen LogP contribution in [0.5, 0.6) is 0 Å². The van der Waals surface area contributed by atoms with Gasteiger partial charge in [-0.05, 0) is 66.2 Å². The van der Waals surface area contributed by atoms with E-state index in [0.717, 1.165) is 16.0 Å². The minimum atomic E-state index is 0. The molecule has 3 aromatic rings. The van der Waals surface area contributed by atoms with E-state index in [-0.39, 0.29) is 12.4 Å². The Kier molecular flexibility index (Phi) is 8.12. The summed E-state index contributed by atoms with van der Waals surface area (Å²) in [6.07, 6.45) is 2.26. The smallest absolute Gasteiger partial charge is 0.0406 e. The maximum Gasteiger partial charge on any atom is 0.0406 e. The predicted octanol–water partition coefficient (Wildman–Crippen LogP) is 7.18. The Morgan fingerprint density at radius 1 is 0.815 bits per heavy atom.